The quantitative estimate of drug-likeness (QED) is 0.0623. The first kappa shape index (κ1) is 40.6. The fourth-order valence-electron chi connectivity index (χ4n) is 5.49. The molecule has 0 aliphatic heterocycles. The predicted octanol–water partition coefficient (Wildman–Crippen LogP) is 3.77. The van der Waals surface area contributed by atoms with E-state index in [1.54, 1.807) is 0 Å². The number of fused-ring (bicyclic) bond motifs is 2. The van der Waals surface area contributed by atoms with Crippen LogP contribution in [0.1, 0.15) is 42.2 Å². The van der Waals surface area contributed by atoms with E-state index in [1.807, 2.05) is 0 Å². The fraction of sp³-hybridized carbons (Fsp3) is 0. The summed E-state index contributed by atoms with van der Waals surface area (Å²) in [6.07, 6.45) is 1.76. The molecule has 4 aromatic rings. The second kappa shape index (κ2) is 15.1. The number of para-hydroxylation sites is 1. The van der Waals surface area contributed by atoms with E-state index < -0.39 is 91.5 Å². The van der Waals surface area contributed by atoms with Gasteiger partial charge in [-0.05, 0) is 90.0 Å². The van der Waals surface area contributed by atoms with Gasteiger partial charge in [0, 0.05) is 22.5 Å². The zero-order valence-electron chi connectivity index (χ0n) is 28.6. The minimum absolute atomic E-state index is 0.00657. The number of hydrazone groups is 2. The van der Waals surface area contributed by atoms with Crippen LogP contribution in [-0.4, -0.2) is 84.1 Å². The van der Waals surface area contributed by atoms with E-state index >= 15 is 0 Å². The highest BCUT2D eigenvalue weighted by molar-refractivity contribution is 7.91. The molecule has 58 heavy (non-hydrogen) atoms. The third kappa shape index (κ3) is 8.50. The van der Waals surface area contributed by atoms with Gasteiger partial charge < -0.3 is 20.8 Å². The van der Waals surface area contributed by atoms with Gasteiger partial charge in [0.25, 0.3) is 30.4 Å². The van der Waals surface area contributed by atoms with E-state index in [1.165, 1.54) is 60.7 Å². The minimum atomic E-state index is -5.17. The number of hydrogen-bond acceptors (Lipinski definition) is 15. The van der Waals surface area contributed by atoms with Crippen LogP contribution in [0.2, 0.25) is 0 Å². The lowest BCUT2D eigenvalue weighted by Gasteiger charge is -2.18. The molecule has 0 atom stereocenters. The number of carboxylic acid groups (broad SMARTS) is 1. The van der Waals surface area contributed by atoms with Gasteiger partial charge in [-0.25, -0.2) is 9.59 Å². The number of carboxylic acids is 1. The largest absolute Gasteiger partial charge is 0.506 e. The maximum absolute atomic E-state index is 13.4. The highest BCUT2D eigenvalue weighted by atomic mass is 32.2. The van der Waals surface area contributed by atoms with Crippen molar-refractivity contribution in [1.29, 1.82) is 0 Å². The topological polar surface area (TPSA) is 345 Å². The third-order valence-corrected chi connectivity index (χ3v) is 10.7. The van der Waals surface area contributed by atoms with Gasteiger partial charge in [0.1, 0.15) is 15.6 Å². The molecular weight excluding hydrogens is 829 g/mol. The maximum Gasteiger partial charge on any atom is 0.337 e. The summed E-state index contributed by atoms with van der Waals surface area (Å²) in [4.78, 5) is 48.6. The van der Waals surface area contributed by atoms with Gasteiger partial charge in [0.05, 0.1) is 21.8 Å². The number of ketones is 2. The summed E-state index contributed by atoms with van der Waals surface area (Å²) in [5.41, 5.74) is 1.60. The van der Waals surface area contributed by atoms with Crippen LogP contribution in [0.4, 0.5) is 27.5 Å². The third-order valence-electron chi connectivity index (χ3n) is 8.13. The first-order valence-electron chi connectivity index (χ1n) is 15.8. The van der Waals surface area contributed by atoms with Gasteiger partial charge in [0.2, 0.25) is 11.6 Å². The number of carbonyl (C=O) groups is 4. The molecule has 2 aliphatic carbocycles. The highest BCUT2D eigenvalue weighted by Gasteiger charge is 2.35. The highest BCUT2D eigenvalue weighted by Crippen LogP contribution is 2.32. The Morgan fingerprint density at radius 3 is 1.53 bits per heavy atom. The lowest BCUT2D eigenvalue weighted by Crippen LogP contribution is -2.27. The SMILES string of the molecule is O=C(Nc1ccc2c(c1)C=C(S(=O)(=O)O)C(=NNc1cc(S(=O)(=O)O)ccc1O)C2=O)Nc1ccc2c(c1)C=C(S(=O)(=O)O)C(=NNc1ccccc1C(=O)O)C2=O. The number of phenols is 1. The Morgan fingerprint density at radius 2 is 1.07 bits per heavy atom. The molecule has 2 amide bonds. The molecule has 0 aromatic heterocycles. The standard InChI is InChI=1S/C34H24N6O15S3/c41-26-10-7-20(56(47,48)49)15-25(26)38-40-30-28(58(53,54)55)14-17-12-19(6-9-22(17)32(30)43)36-34(46)35-18-5-8-21-16(11-18)13-27(57(50,51)52)29(31(21)42)39-37-24-4-2-1-3-23(24)33(44)45/h1-15,37-38,41H,(H,44,45)(H2,35,36,46)(H,47,48,49)(H,50,51,52)(H,53,54,55). The Bertz CT molecular complexity index is 2980. The van der Waals surface area contributed by atoms with Crippen LogP contribution in [0.15, 0.2) is 104 Å². The number of anilines is 4. The molecule has 6 rings (SSSR count). The van der Waals surface area contributed by atoms with E-state index in [2.05, 4.69) is 31.7 Å². The first-order valence-corrected chi connectivity index (χ1v) is 20.1. The van der Waals surface area contributed by atoms with Crippen LogP contribution < -0.4 is 21.5 Å². The van der Waals surface area contributed by atoms with Crippen molar-refractivity contribution in [2.75, 3.05) is 21.5 Å². The second-order valence-corrected chi connectivity index (χ2v) is 16.2. The van der Waals surface area contributed by atoms with Crippen molar-refractivity contribution in [1.82, 2.24) is 0 Å². The molecule has 0 saturated heterocycles. The number of urea groups is 1. The summed E-state index contributed by atoms with van der Waals surface area (Å²) in [5.74, 6) is -3.98. The molecule has 0 unspecified atom stereocenters. The number of nitrogens with one attached hydrogen (secondary N) is 4. The van der Waals surface area contributed by atoms with Gasteiger partial charge in [0.15, 0.2) is 11.4 Å². The smallest absolute Gasteiger partial charge is 0.337 e. The van der Waals surface area contributed by atoms with E-state index in [4.69, 9.17) is 0 Å². The van der Waals surface area contributed by atoms with Gasteiger partial charge in [-0.1, -0.05) is 12.1 Å². The summed E-state index contributed by atoms with van der Waals surface area (Å²) in [7, 11) is -15.0. The Morgan fingerprint density at radius 1 is 0.586 bits per heavy atom. The fourth-order valence-corrected chi connectivity index (χ4v) is 7.32. The summed E-state index contributed by atoms with van der Waals surface area (Å²) < 4.78 is 101. The molecule has 0 radical (unpaired) electrons. The Kier molecular flexibility index (Phi) is 10.6. The summed E-state index contributed by atoms with van der Waals surface area (Å²) in [6.45, 7) is 0. The maximum atomic E-state index is 13.4. The number of benzene rings is 4. The van der Waals surface area contributed by atoms with Crippen LogP contribution in [0.25, 0.3) is 12.2 Å². The normalized spacial score (nSPS) is 15.5. The number of carbonyl (C=O) groups excluding carboxylic acids is 3. The van der Waals surface area contributed by atoms with Crippen molar-refractivity contribution in [3.05, 3.63) is 116 Å². The first-order chi connectivity index (χ1) is 27.1. The number of aromatic carboxylic acids is 1. The van der Waals surface area contributed by atoms with E-state index in [9.17, 15) is 68.3 Å². The van der Waals surface area contributed by atoms with Gasteiger partial charge >= 0.3 is 12.0 Å². The van der Waals surface area contributed by atoms with Crippen molar-refractivity contribution >= 4 is 100 Å². The summed E-state index contributed by atoms with van der Waals surface area (Å²) in [5, 5.41) is 31.8. The van der Waals surface area contributed by atoms with Crippen molar-refractivity contribution in [3.63, 3.8) is 0 Å². The van der Waals surface area contributed by atoms with Crippen LogP contribution in [0.5, 0.6) is 5.75 Å². The Balaban J connectivity index is 1.23. The zero-order chi connectivity index (χ0) is 42.3. The number of phenolic OH excluding ortho intramolecular Hbond substituents is 1. The molecule has 9 N–H and O–H groups in total. The van der Waals surface area contributed by atoms with E-state index in [0.29, 0.717) is 0 Å². The average molecular weight is 853 g/mol. The number of allylic oxidation sites excluding steroid dienone is 2. The van der Waals surface area contributed by atoms with Crippen molar-refractivity contribution in [3.8, 4) is 5.75 Å². The van der Waals surface area contributed by atoms with Gasteiger partial charge in [-0.2, -0.15) is 35.5 Å². The van der Waals surface area contributed by atoms with Crippen LogP contribution in [-0.2, 0) is 30.4 Å². The monoisotopic (exact) mass is 852 g/mol. The van der Waals surface area contributed by atoms with Crippen LogP contribution in [0.3, 0.4) is 0 Å². The number of nitrogens with zero attached hydrogens (tertiary/aromatic N) is 2. The lowest BCUT2D eigenvalue weighted by atomic mass is 9.94. The Hall–Kier alpha value is -7.09. The number of Topliss-reactive ketones (excluding diaryl/α,β-unsaturated/α-hetero) is 2. The van der Waals surface area contributed by atoms with Gasteiger partial charge in [-0.15, -0.1) is 0 Å². The number of aromatic hydroxyl groups is 1. The van der Waals surface area contributed by atoms with Crippen molar-refractivity contribution in [2.45, 2.75) is 4.90 Å². The number of amides is 2. The molecule has 2 aliphatic rings. The van der Waals surface area contributed by atoms with Crippen molar-refractivity contribution in [2.24, 2.45) is 10.2 Å². The minimum Gasteiger partial charge on any atom is -0.506 e. The molecule has 21 nitrogen and oxygen atoms in total. The molecule has 4 aromatic carbocycles. The Labute approximate surface area is 326 Å². The van der Waals surface area contributed by atoms with E-state index in [0.717, 1.165) is 30.4 Å². The molecule has 0 fully saturated rings. The average Bonchev–Trinajstić information content (AvgIpc) is 3.13. The van der Waals surface area contributed by atoms with Crippen LogP contribution in [0, 0.1) is 0 Å². The summed E-state index contributed by atoms with van der Waals surface area (Å²) in [6, 6.07) is 14.2. The predicted molar refractivity (Wildman–Crippen MR) is 207 cm³/mol. The molecule has 24 heteroatoms. The second-order valence-electron chi connectivity index (χ2n) is 12.0. The zero-order valence-corrected chi connectivity index (χ0v) is 31.0. The molecule has 0 bridgehead atoms. The molecule has 0 saturated carbocycles. The van der Waals surface area contributed by atoms with Gasteiger partial charge in [-0.3, -0.25) is 34.1 Å². The van der Waals surface area contributed by atoms with E-state index in [-0.39, 0.29) is 44.9 Å². The molecule has 0 spiro atoms. The molecule has 298 valence electrons. The van der Waals surface area contributed by atoms with Crippen LogP contribution >= 0.6 is 0 Å². The summed E-state index contributed by atoms with van der Waals surface area (Å²) >= 11 is 0. The molecular formula is C34H24N6O15S3. The number of hydrogen-bond donors (Lipinski definition) is 9. The molecule has 0 heterocycles. The lowest BCUT2D eigenvalue weighted by molar-refractivity contribution is 0.0697. The van der Waals surface area contributed by atoms with Crippen molar-refractivity contribution < 1.29 is 68.3 Å². The number of rotatable bonds is 10.